The van der Waals surface area contributed by atoms with Gasteiger partial charge in [0.15, 0.2) is 0 Å². The van der Waals surface area contributed by atoms with Crippen molar-refractivity contribution in [3.8, 4) is 5.75 Å². The van der Waals surface area contributed by atoms with Gasteiger partial charge in [0.1, 0.15) is 5.75 Å². The first-order valence-corrected chi connectivity index (χ1v) is 7.26. The zero-order valence-corrected chi connectivity index (χ0v) is 13.4. The van der Waals surface area contributed by atoms with E-state index in [0.29, 0.717) is 11.3 Å². The summed E-state index contributed by atoms with van der Waals surface area (Å²) in [5, 5.41) is 2.67. The number of benzene rings is 2. The number of rotatable bonds is 4. The zero-order valence-electron chi connectivity index (χ0n) is 13.4. The van der Waals surface area contributed by atoms with Crippen molar-refractivity contribution in [2.24, 2.45) is 4.99 Å². The molecule has 1 N–H and O–H groups in total. The summed E-state index contributed by atoms with van der Waals surface area (Å²) in [6.07, 6.45) is 0. The molecule has 5 nitrogen and oxygen atoms in total. The largest absolute Gasteiger partial charge is 0.497 e. The first-order chi connectivity index (χ1) is 11.1. The molecule has 0 aromatic heterocycles. The zero-order chi connectivity index (χ0) is 16.7. The molecule has 2 rings (SSSR count). The maximum atomic E-state index is 12.2. The number of nitrogens with one attached hydrogen (secondary N) is 1. The van der Waals surface area contributed by atoms with Gasteiger partial charge in [-0.1, -0.05) is 30.3 Å². The Morgan fingerprint density at radius 2 is 1.70 bits per heavy atom. The van der Waals surface area contributed by atoms with Crippen LogP contribution in [-0.4, -0.2) is 26.1 Å². The van der Waals surface area contributed by atoms with E-state index in [1.54, 1.807) is 31.4 Å². The Kier molecular flexibility index (Phi) is 5.74. The van der Waals surface area contributed by atoms with Crippen LogP contribution in [0.1, 0.15) is 28.9 Å². The Hall–Kier alpha value is -2.82. The Morgan fingerprint density at radius 1 is 1.04 bits per heavy atom. The van der Waals surface area contributed by atoms with Gasteiger partial charge in [0.2, 0.25) is 0 Å². The second kappa shape index (κ2) is 7.98. The van der Waals surface area contributed by atoms with Crippen LogP contribution in [0.2, 0.25) is 0 Å². The van der Waals surface area contributed by atoms with Crippen LogP contribution in [-0.2, 0) is 4.74 Å². The molecule has 2 aromatic carbocycles. The number of amides is 1. The van der Waals surface area contributed by atoms with Crippen molar-refractivity contribution < 1.29 is 14.3 Å². The van der Waals surface area contributed by atoms with Crippen LogP contribution < -0.4 is 10.1 Å². The third-order valence-corrected chi connectivity index (χ3v) is 3.36. The molecule has 0 aliphatic heterocycles. The summed E-state index contributed by atoms with van der Waals surface area (Å²) in [6.45, 7) is 1.94. The lowest BCUT2D eigenvalue weighted by molar-refractivity contribution is 0.0968. The minimum Gasteiger partial charge on any atom is -0.497 e. The fourth-order valence-electron chi connectivity index (χ4n) is 2.03. The second-order valence-corrected chi connectivity index (χ2v) is 4.91. The molecule has 0 saturated carbocycles. The predicted octanol–water partition coefficient (Wildman–Crippen LogP) is 3.19. The summed E-state index contributed by atoms with van der Waals surface area (Å²) >= 11 is 0. The summed E-state index contributed by atoms with van der Waals surface area (Å²) in [4.78, 5) is 16.6. The average molecular weight is 312 g/mol. The number of nitrogens with zero attached hydrogens (tertiary/aromatic N) is 1. The minimum absolute atomic E-state index is 0.123. The van der Waals surface area contributed by atoms with Gasteiger partial charge in [-0.25, -0.2) is 4.99 Å². The first-order valence-electron chi connectivity index (χ1n) is 7.26. The fourth-order valence-corrected chi connectivity index (χ4v) is 2.03. The predicted molar refractivity (Wildman–Crippen MR) is 89.8 cm³/mol. The SMILES string of the molecule is COC(=NC(C)c1ccccc1)NC(=O)c1ccc(OC)cc1. The van der Waals surface area contributed by atoms with Crippen LogP contribution in [0, 0.1) is 0 Å². The molecule has 5 heteroatoms. The number of aliphatic imine (C=N–C) groups is 1. The van der Waals surface area contributed by atoms with E-state index < -0.39 is 0 Å². The molecular weight excluding hydrogens is 292 g/mol. The van der Waals surface area contributed by atoms with E-state index in [4.69, 9.17) is 9.47 Å². The van der Waals surface area contributed by atoms with Gasteiger partial charge in [0.25, 0.3) is 11.9 Å². The van der Waals surface area contributed by atoms with Crippen molar-refractivity contribution in [3.05, 3.63) is 65.7 Å². The van der Waals surface area contributed by atoms with Gasteiger partial charge < -0.3 is 9.47 Å². The molecular formula is C18H20N2O3. The molecule has 0 aliphatic rings. The molecule has 0 aliphatic carbocycles. The standard InChI is InChI=1S/C18H20N2O3/c1-13(14-7-5-4-6-8-14)19-18(23-3)20-17(21)15-9-11-16(22-2)12-10-15/h4-13H,1-3H3,(H,19,20,21). The quantitative estimate of drug-likeness (QED) is 0.697. The molecule has 0 spiro atoms. The van der Waals surface area contributed by atoms with E-state index in [1.807, 2.05) is 37.3 Å². The van der Waals surface area contributed by atoms with E-state index in [2.05, 4.69) is 10.3 Å². The van der Waals surface area contributed by atoms with Crippen LogP contribution >= 0.6 is 0 Å². The normalized spacial score (nSPS) is 12.4. The van der Waals surface area contributed by atoms with Crippen LogP contribution in [0.25, 0.3) is 0 Å². The van der Waals surface area contributed by atoms with E-state index in [9.17, 15) is 4.79 Å². The van der Waals surface area contributed by atoms with Gasteiger partial charge in [-0.3, -0.25) is 10.1 Å². The molecule has 0 saturated heterocycles. The molecule has 0 radical (unpaired) electrons. The highest BCUT2D eigenvalue weighted by Gasteiger charge is 2.11. The number of hydrogen-bond donors (Lipinski definition) is 1. The molecule has 0 fully saturated rings. The lowest BCUT2D eigenvalue weighted by Crippen LogP contribution is -2.32. The van der Waals surface area contributed by atoms with Crippen LogP contribution in [0.15, 0.2) is 59.6 Å². The highest BCUT2D eigenvalue weighted by atomic mass is 16.5. The molecule has 2 aromatic rings. The molecule has 120 valence electrons. The van der Waals surface area contributed by atoms with E-state index in [-0.39, 0.29) is 18.0 Å². The Labute approximate surface area is 136 Å². The second-order valence-electron chi connectivity index (χ2n) is 4.91. The van der Waals surface area contributed by atoms with Crippen LogP contribution in [0.4, 0.5) is 0 Å². The van der Waals surface area contributed by atoms with Crippen LogP contribution in [0.3, 0.4) is 0 Å². The summed E-state index contributed by atoms with van der Waals surface area (Å²) in [5.41, 5.74) is 1.55. The van der Waals surface area contributed by atoms with Crippen molar-refractivity contribution >= 4 is 11.9 Å². The van der Waals surface area contributed by atoms with Crippen LogP contribution in [0.5, 0.6) is 5.75 Å². The van der Waals surface area contributed by atoms with Crippen molar-refractivity contribution in [2.45, 2.75) is 13.0 Å². The smallest absolute Gasteiger partial charge is 0.292 e. The maximum Gasteiger partial charge on any atom is 0.292 e. The van der Waals surface area contributed by atoms with Crippen molar-refractivity contribution in [1.29, 1.82) is 0 Å². The maximum absolute atomic E-state index is 12.2. The molecule has 1 unspecified atom stereocenters. The van der Waals surface area contributed by atoms with Gasteiger partial charge in [0, 0.05) is 5.56 Å². The summed E-state index contributed by atoms with van der Waals surface area (Å²) in [6, 6.07) is 16.7. The summed E-state index contributed by atoms with van der Waals surface area (Å²) < 4.78 is 10.2. The topological polar surface area (TPSA) is 59.9 Å². The minimum atomic E-state index is -0.284. The highest BCUT2D eigenvalue weighted by Crippen LogP contribution is 2.16. The number of carbonyl (C=O) groups excluding carboxylic acids is 1. The average Bonchev–Trinajstić information content (AvgIpc) is 2.61. The van der Waals surface area contributed by atoms with Gasteiger partial charge in [-0.15, -0.1) is 0 Å². The Bertz CT molecular complexity index is 666. The van der Waals surface area contributed by atoms with Crippen molar-refractivity contribution in [3.63, 3.8) is 0 Å². The Morgan fingerprint density at radius 3 is 2.26 bits per heavy atom. The molecule has 1 atom stereocenters. The van der Waals surface area contributed by atoms with E-state index in [0.717, 1.165) is 5.56 Å². The number of hydrogen-bond acceptors (Lipinski definition) is 4. The van der Waals surface area contributed by atoms with Gasteiger partial charge >= 0.3 is 0 Å². The lowest BCUT2D eigenvalue weighted by atomic mass is 10.1. The summed E-state index contributed by atoms with van der Waals surface area (Å²) in [7, 11) is 3.06. The Balaban J connectivity index is 2.08. The first kappa shape index (κ1) is 16.5. The van der Waals surface area contributed by atoms with Gasteiger partial charge in [-0.2, -0.15) is 0 Å². The number of carbonyl (C=O) groups is 1. The number of methoxy groups -OCH3 is 2. The summed E-state index contributed by atoms with van der Waals surface area (Å²) in [5.74, 6) is 0.411. The van der Waals surface area contributed by atoms with E-state index >= 15 is 0 Å². The lowest BCUT2D eigenvalue weighted by Gasteiger charge is -2.11. The fraction of sp³-hybridized carbons (Fsp3) is 0.222. The monoisotopic (exact) mass is 312 g/mol. The number of amidine groups is 1. The molecule has 0 bridgehead atoms. The van der Waals surface area contributed by atoms with Gasteiger partial charge in [-0.05, 0) is 36.8 Å². The van der Waals surface area contributed by atoms with Crippen molar-refractivity contribution in [2.75, 3.05) is 14.2 Å². The third kappa shape index (κ3) is 4.57. The highest BCUT2D eigenvalue weighted by molar-refractivity contribution is 6.04. The molecule has 0 heterocycles. The van der Waals surface area contributed by atoms with E-state index in [1.165, 1.54) is 7.11 Å². The number of ether oxygens (including phenoxy) is 2. The van der Waals surface area contributed by atoms with Crippen molar-refractivity contribution in [1.82, 2.24) is 5.32 Å². The molecule has 23 heavy (non-hydrogen) atoms. The van der Waals surface area contributed by atoms with Gasteiger partial charge in [0.05, 0.1) is 20.3 Å². The third-order valence-electron chi connectivity index (χ3n) is 3.36. The molecule has 1 amide bonds.